The van der Waals surface area contributed by atoms with Gasteiger partial charge in [-0.05, 0) is 19.4 Å². The predicted molar refractivity (Wildman–Crippen MR) is 79.6 cm³/mol. The van der Waals surface area contributed by atoms with E-state index in [-0.39, 0.29) is 30.5 Å². The maximum atomic E-state index is 10.8. The van der Waals surface area contributed by atoms with Crippen LogP contribution < -0.4 is 10.1 Å². The quantitative estimate of drug-likeness (QED) is 0.568. The fourth-order valence-electron chi connectivity index (χ4n) is 1.46. The van der Waals surface area contributed by atoms with E-state index in [0.29, 0.717) is 12.6 Å². The molecule has 20 heavy (non-hydrogen) atoms. The standard InChI is InChI=1S/C13H20N2O4.ClH/c1-3-10(2)14-8-11(16)9-19-13-7-5-4-6-12(13)15(17)18;/h4-7,10-11,14,16H,3,8-9H2,1-2H3;1H. The molecule has 0 aromatic heterocycles. The van der Waals surface area contributed by atoms with E-state index < -0.39 is 11.0 Å². The van der Waals surface area contributed by atoms with E-state index in [0.717, 1.165) is 6.42 Å². The van der Waals surface area contributed by atoms with E-state index in [2.05, 4.69) is 5.32 Å². The zero-order chi connectivity index (χ0) is 14.3. The summed E-state index contributed by atoms with van der Waals surface area (Å²) >= 11 is 0. The molecule has 1 aromatic carbocycles. The number of ether oxygens (including phenoxy) is 1. The van der Waals surface area contributed by atoms with Gasteiger partial charge in [0.2, 0.25) is 0 Å². The van der Waals surface area contributed by atoms with E-state index in [1.807, 2.05) is 13.8 Å². The van der Waals surface area contributed by atoms with Crippen LogP contribution in [0.2, 0.25) is 0 Å². The topological polar surface area (TPSA) is 84.6 Å². The molecule has 2 atom stereocenters. The van der Waals surface area contributed by atoms with Crippen LogP contribution in [0.5, 0.6) is 5.75 Å². The number of nitro groups is 1. The van der Waals surface area contributed by atoms with Crippen molar-refractivity contribution in [2.75, 3.05) is 13.2 Å². The minimum Gasteiger partial charge on any atom is -0.484 e. The van der Waals surface area contributed by atoms with Crippen molar-refractivity contribution in [3.63, 3.8) is 0 Å². The molecule has 6 nitrogen and oxygen atoms in total. The molecule has 2 N–H and O–H groups in total. The SMILES string of the molecule is CCC(C)NCC(O)COc1ccccc1[N+](=O)[O-].Cl. The summed E-state index contributed by atoms with van der Waals surface area (Å²) in [4.78, 5) is 10.3. The normalized spacial score (nSPS) is 13.2. The van der Waals surface area contributed by atoms with Crippen molar-refractivity contribution >= 4 is 18.1 Å². The number of nitrogens with zero attached hydrogens (tertiary/aromatic N) is 1. The van der Waals surface area contributed by atoms with E-state index in [4.69, 9.17) is 4.74 Å². The van der Waals surface area contributed by atoms with Crippen molar-refractivity contribution in [2.24, 2.45) is 0 Å². The van der Waals surface area contributed by atoms with Gasteiger partial charge in [0, 0.05) is 18.7 Å². The van der Waals surface area contributed by atoms with Crippen LogP contribution in [0.15, 0.2) is 24.3 Å². The monoisotopic (exact) mass is 304 g/mol. The lowest BCUT2D eigenvalue weighted by Crippen LogP contribution is -2.36. The van der Waals surface area contributed by atoms with Gasteiger partial charge in [-0.25, -0.2) is 0 Å². The Hall–Kier alpha value is -1.37. The van der Waals surface area contributed by atoms with Crippen molar-refractivity contribution in [1.29, 1.82) is 0 Å². The van der Waals surface area contributed by atoms with Crippen LogP contribution in [-0.2, 0) is 0 Å². The molecule has 0 aliphatic heterocycles. The highest BCUT2D eigenvalue weighted by atomic mass is 35.5. The minimum atomic E-state index is -0.700. The first-order valence-corrected chi connectivity index (χ1v) is 6.32. The lowest BCUT2D eigenvalue weighted by atomic mass is 10.2. The number of halogens is 1. The minimum absolute atomic E-state index is 0. The zero-order valence-electron chi connectivity index (χ0n) is 11.6. The molecule has 0 fully saturated rings. The number of rotatable bonds is 8. The second-order valence-electron chi connectivity index (χ2n) is 4.41. The summed E-state index contributed by atoms with van der Waals surface area (Å²) in [5, 5.41) is 23.6. The van der Waals surface area contributed by atoms with E-state index in [9.17, 15) is 15.2 Å². The third-order valence-electron chi connectivity index (χ3n) is 2.81. The van der Waals surface area contributed by atoms with Crippen LogP contribution in [0.1, 0.15) is 20.3 Å². The van der Waals surface area contributed by atoms with Crippen LogP contribution >= 0.6 is 12.4 Å². The Morgan fingerprint density at radius 1 is 1.45 bits per heavy atom. The van der Waals surface area contributed by atoms with Crippen LogP contribution in [0.25, 0.3) is 0 Å². The first-order chi connectivity index (χ1) is 9.04. The average molecular weight is 305 g/mol. The average Bonchev–Trinajstić information content (AvgIpc) is 2.42. The van der Waals surface area contributed by atoms with E-state index in [1.54, 1.807) is 12.1 Å². The molecule has 0 saturated carbocycles. The van der Waals surface area contributed by atoms with Gasteiger partial charge < -0.3 is 15.2 Å². The van der Waals surface area contributed by atoms with Crippen molar-refractivity contribution in [3.05, 3.63) is 34.4 Å². The molecule has 0 amide bonds. The molecule has 0 bridgehead atoms. The van der Waals surface area contributed by atoms with E-state index >= 15 is 0 Å². The fourth-order valence-corrected chi connectivity index (χ4v) is 1.46. The highest BCUT2D eigenvalue weighted by Gasteiger charge is 2.15. The third-order valence-corrected chi connectivity index (χ3v) is 2.81. The van der Waals surface area contributed by atoms with E-state index in [1.165, 1.54) is 12.1 Å². The molecule has 0 aliphatic carbocycles. The Kier molecular flexibility index (Phi) is 8.87. The molecular formula is C13H21ClN2O4. The maximum absolute atomic E-state index is 10.8. The Labute approximate surface area is 124 Å². The number of nitrogens with one attached hydrogen (secondary N) is 1. The molecule has 7 heteroatoms. The summed E-state index contributed by atoms with van der Waals surface area (Å²) in [6.07, 6.45) is 0.270. The largest absolute Gasteiger partial charge is 0.484 e. The molecule has 1 rings (SSSR count). The predicted octanol–water partition coefficient (Wildman–Crippen LogP) is 2.14. The number of hydrogen-bond donors (Lipinski definition) is 2. The Morgan fingerprint density at radius 2 is 2.10 bits per heavy atom. The lowest BCUT2D eigenvalue weighted by Gasteiger charge is -2.16. The molecule has 0 aliphatic rings. The van der Waals surface area contributed by atoms with Gasteiger partial charge in [-0.2, -0.15) is 0 Å². The van der Waals surface area contributed by atoms with Gasteiger partial charge >= 0.3 is 5.69 Å². The third kappa shape index (κ3) is 6.18. The van der Waals surface area contributed by atoms with Gasteiger partial charge in [0.25, 0.3) is 0 Å². The van der Waals surface area contributed by atoms with Gasteiger partial charge in [-0.15, -0.1) is 12.4 Å². The smallest absolute Gasteiger partial charge is 0.310 e. The Morgan fingerprint density at radius 3 is 2.70 bits per heavy atom. The number of aliphatic hydroxyl groups is 1. The van der Waals surface area contributed by atoms with Crippen LogP contribution in [0.4, 0.5) is 5.69 Å². The Bertz CT molecular complexity index is 417. The van der Waals surface area contributed by atoms with Gasteiger partial charge in [0.05, 0.1) is 4.92 Å². The molecule has 114 valence electrons. The number of hydrogen-bond acceptors (Lipinski definition) is 5. The van der Waals surface area contributed by atoms with Crippen LogP contribution in [0.3, 0.4) is 0 Å². The van der Waals surface area contributed by atoms with Gasteiger partial charge in [0.15, 0.2) is 5.75 Å². The van der Waals surface area contributed by atoms with Crippen LogP contribution in [0, 0.1) is 10.1 Å². The van der Waals surface area contributed by atoms with Gasteiger partial charge in [-0.1, -0.05) is 19.1 Å². The van der Waals surface area contributed by atoms with Gasteiger partial charge in [-0.3, -0.25) is 10.1 Å². The first-order valence-electron chi connectivity index (χ1n) is 6.32. The van der Waals surface area contributed by atoms with Crippen LogP contribution in [-0.4, -0.2) is 35.3 Å². The summed E-state index contributed by atoms with van der Waals surface area (Å²) in [7, 11) is 0. The second kappa shape index (κ2) is 9.52. The van der Waals surface area contributed by atoms with Crippen molar-refractivity contribution in [3.8, 4) is 5.75 Å². The summed E-state index contributed by atoms with van der Waals surface area (Å²) in [6.45, 7) is 4.49. The Balaban J connectivity index is 0.00000361. The summed E-state index contributed by atoms with van der Waals surface area (Å²) in [5.41, 5.74) is -0.0930. The van der Waals surface area contributed by atoms with Crippen molar-refractivity contribution < 1.29 is 14.8 Å². The summed E-state index contributed by atoms with van der Waals surface area (Å²) in [6, 6.07) is 6.45. The lowest BCUT2D eigenvalue weighted by molar-refractivity contribution is -0.385. The number of aliphatic hydroxyl groups excluding tert-OH is 1. The highest BCUT2D eigenvalue weighted by molar-refractivity contribution is 5.85. The first kappa shape index (κ1) is 18.6. The van der Waals surface area contributed by atoms with Crippen molar-refractivity contribution in [2.45, 2.75) is 32.4 Å². The summed E-state index contributed by atoms with van der Waals surface area (Å²) < 4.78 is 5.29. The number of nitro benzene ring substituents is 1. The molecule has 0 heterocycles. The molecule has 0 saturated heterocycles. The van der Waals surface area contributed by atoms with Crippen molar-refractivity contribution in [1.82, 2.24) is 5.32 Å². The second-order valence-corrected chi connectivity index (χ2v) is 4.41. The molecule has 2 unspecified atom stereocenters. The molecule has 0 spiro atoms. The van der Waals surface area contributed by atoms with Gasteiger partial charge in [0.1, 0.15) is 12.7 Å². The zero-order valence-corrected chi connectivity index (χ0v) is 12.4. The summed E-state index contributed by atoms with van der Waals surface area (Å²) in [5.74, 6) is 0.176. The molecular weight excluding hydrogens is 284 g/mol. The molecule has 1 aromatic rings. The highest BCUT2D eigenvalue weighted by Crippen LogP contribution is 2.25. The number of para-hydroxylation sites is 2. The molecule has 0 radical (unpaired) electrons. The number of benzene rings is 1. The fraction of sp³-hybridized carbons (Fsp3) is 0.538. The maximum Gasteiger partial charge on any atom is 0.310 e.